The van der Waals surface area contributed by atoms with Gasteiger partial charge in [0.1, 0.15) is 0 Å². The van der Waals surface area contributed by atoms with Crippen LogP contribution in [0.1, 0.15) is 45.4 Å². The van der Waals surface area contributed by atoms with Crippen LogP contribution in [-0.4, -0.2) is 39.7 Å². The third kappa shape index (κ3) is 4.48. The van der Waals surface area contributed by atoms with Crippen LogP contribution in [0.25, 0.3) is 0 Å². The van der Waals surface area contributed by atoms with E-state index in [0.717, 1.165) is 24.7 Å². The van der Waals surface area contributed by atoms with Gasteiger partial charge < -0.3 is 5.32 Å². The van der Waals surface area contributed by atoms with E-state index in [-0.39, 0.29) is 5.25 Å². The Morgan fingerprint density at radius 3 is 2.74 bits per heavy atom. The summed E-state index contributed by atoms with van der Waals surface area (Å²) in [6, 6.07) is 0. The van der Waals surface area contributed by atoms with Gasteiger partial charge in [0.25, 0.3) is 0 Å². The van der Waals surface area contributed by atoms with Crippen molar-refractivity contribution in [3.63, 3.8) is 0 Å². The second-order valence-electron chi connectivity index (χ2n) is 6.00. The number of aliphatic imine (C=N–C) groups is 1. The maximum atomic E-state index is 11.3. The smallest absolute Gasteiger partial charge is 0.156 e. The van der Waals surface area contributed by atoms with Crippen molar-refractivity contribution in [1.82, 2.24) is 5.32 Å². The van der Waals surface area contributed by atoms with Crippen molar-refractivity contribution in [2.24, 2.45) is 10.4 Å². The molecule has 2 atom stereocenters. The Morgan fingerprint density at radius 1 is 1.42 bits per heavy atom. The zero-order valence-electron chi connectivity index (χ0n) is 12.1. The number of hydrogen-bond acceptors (Lipinski definition) is 4. The predicted molar refractivity (Wildman–Crippen MR) is 86.4 cm³/mol. The lowest BCUT2D eigenvalue weighted by Gasteiger charge is -2.38. The first-order valence-corrected chi connectivity index (χ1v) is 9.95. The van der Waals surface area contributed by atoms with Gasteiger partial charge in [-0.2, -0.15) is 0 Å². The lowest BCUT2D eigenvalue weighted by molar-refractivity contribution is 0.232. The molecule has 1 spiro atoms. The Balaban J connectivity index is 1.73. The SMILES string of the molecule is CC(CCNC1=NCC2(CCCCC2)CS1)S(C)=O. The summed E-state index contributed by atoms with van der Waals surface area (Å²) in [6.45, 7) is 3.95. The fraction of sp³-hybridized carbons (Fsp3) is 0.929. The van der Waals surface area contributed by atoms with Gasteiger partial charge >= 0.3 is 0 Å². The molecular weight excluding hydrogens is 276 g/mol. The molecule has 1 saturated carbocycles. The molecule has 2 unspecified atom stereocenters. The molecule has 1 fully saturated rings. The van der Waals surface area contributed by atoms with Crippen molar-refractivity contribution in [1.29, 1.82) is 0 Å². The number of amidine groups is 1. The van der Waals surface area contributed by atoms with Crippen LogP contribution in [0.15, 0.2) is 4.99 Å². The molecule has 0 aromatic heterocycles. The van der Waals surface area contributed by atoms with Crippen LogP contribution in [0.5, 0.6) is 0 Å². The molecule has 1 N–H and O–H groups in total. The largest absolute Gasteiger partial charge is 0.365 e. The van der Waals surface area contributed by atoms with E-state index >= 15 is 0 Å². The van der Waals surface area contributed by atoms with Crippen molar-refractivity contribution < 1.29 is 4.21 Å². The van der Waals surface area contributed by atoms with Crippen LogP contribution in [0.4, 0.5) is 0 Å². The highest BCUT2D eigenvalue weighted by molar-refractivity contribution is 8.13. The summed E-state index contributed by atoms with van der Waals surface area (Å²) in [6.07, 6.45) is 9.65. The monoisotopic (exact) mass is 302 g/mol. The van der Waals surface area contributed by atoms with Crippen LogP contribution in [0.2, 0.25) is 0 Å². The Bertz CT molecular complexity index is 351. The normalized spacial score (nSPS) is 25.7. The minimum Gasteiger partial charge on any atom is -0.365 e. The Kier molecular flexibility index (Phi) is 5.75. The first-order chi connectivity index (χ1) is 9.11. The standard InChI is InChI=1S/C14H26N2OS2/c1-12(19(2)17)6-9-15-13-16-10-14(11-18-13)7-4-3-5-8-14/h12H,3-11H2,1-2H3,(H,15,16). The molecule has 5 heteroatoms. The lowest BCUT2D eigenvalue weighted by atomic mass is 9.75. The second kappa shape index (κ2) is 7.11. The summed E-state index contributed by atoms with van der Waals surface area (Å²) in [5, 5.41) is 4.78. The fourth-order valence-corrected chi connectivity index (χ4v) is 4.44. The summed E-state index contributed by atoms with van der Waals surface area (Å²) in [5.41, 5.74) is 0.506. The van der Waals surface area contributed by atoms with E-state index in [2.05, 4.69) is 5.32 Å². The molecule has 0 saturated heterocycles. The molecule has 1 heterocycles. The van der Waals surface area contributed by atoms with Crippen molar-refractivity contribution >= 4 is 27.7 Å². The number of nitrogens with one attached hydrogen (secondary N) is 1. The molecular formula is C14H26N2OS2. The quantitative estimate of drug-likeness (QED) is 0.868. The Morgan fingerprint density at radius 2 is 2.16 bits per heavy atom. The van der Waals surface area contributed by atoms with Crippen molar-refractivity contribution in [3.8, 4) is 0 Å². The predicted octanol–water partition coefficient (Wildman–Crippen LogP) is 2.79. The summed E-state index contributed by atoms with van der Waals surface area (Å²) in [4.78, 5) is 4.74. The highest BCUT2D eigenvalue weighted by Gasteiger charge is 2.34. The van der Waals surface area contributed by atoms with Crippen LogP contribution in [0.3, 0.4) is 0 Å². The topological polar surface area (TPSA) is 41.5 Å². The van der Waals surface area contributed by atoms with Crippen LogP contribution in [0, 0.1) is 5.41 Å². The van der Waals surface area contributed by atoms with E-state index < -0.39 is 10.8 Å². The summed E-state index contributed by atoms with van der Waals surface area (Å²) < 4.78 is 11.3. The molecule has 110 valence electrons. The van der Waals surface area contributed by atoms with E-state index in [1.807, 2.05) is 18.7 Å². The maximum absolute atomic E-state index is 11.3. The van der Waals surface area contributed by atoms with E-state index in [9.17, 15) is 4.21 Å². The van der Waals surface area contributed by atoms with Gasteiger partial charge in [0.2, 0.25) is 0 Å². The first kappa shape index (κ1) is 15.4. The number of thioether (sulfide) groups is 1. The van der Waals surface area contributed by atoms with Crippen LogP contribution in [-0.2, 0) is 10.8 Å². The van der Waals surface area contributed by atoms with Gasteiger partial charge in [-0.3, -0.25) is 9.20 Å². The molecule has 1 aliphatic heterocycles. The van der Waals surface area contributed by atoms with Gasteiger partial charge in [-0.1, -0.05) is 37.9 Å². The number of hydrogen-bond donors (Lipinski definition) is 1. The number of rotatable bonds is 4. The Labute approximate surface area is 123 Å². The molecule has 0 aromatic rings. The average Bonchev–Trinajstić information content (AvgIpc) is 2.42. The molecule has 0 amide bonds. The minimum absolute atomic E-state index is 0.270. The average molecular weight is 303 g/mol. The third-order valence-corrected chi connectivity index (χ3v) is 7.05. The molecule has 2 rings (SSSR count). The fourth-order valence-electron chi connectivity index (χ4n) is 2.81. The second-order valence-corrected chi connectivity index (χ2v) is 8.76. The van der Waals surface area contributed by atoms with E-state index in [1.54, 1.807) is 6.26 Å². The van der Waals surface area contributed by atoms with Gasteiger partial charge in [-0.25, -0.2) is 0 Å². The molecule has 0 bridgehead atoms. The number of nitrogens with zero attached hydrogens (tertiary/aromatic N) is 1. The lowest BCUT2D eigenvalue weighted by Crippen LogP contribution is -2.37. The molecule has 1 aliphatic carbocycles. The van der Waals surface area contributed by atoms with E-state index in [4.69, 9.17) is 4.99 Å². The van der Waals surface area contributed by atoms with Gasteiger partial charge in [0, 0.05) is 41.1 Å². The molecule has 3 nitrogen and oxygen atoms in total. The highest BCUT2D eigenvalue weighted by atomic mass is 32.2. The summed E-state index contributed by atoms with van der Waals surface area (Å²) in [7, 11) is -0.712. The molecule has 19 heavy (non-hydrogen) atoms. The van der Waals surface area contributed by atoms with Gasteiger partial charge in [-0.05, 0) is 24.7 Å². The van der Waals surface area contributed by atoms with E-state index in [1.165, 1.54) is 37.9 Å². The van der Waals surface area contributed by atoms with Gasteiger partial charge in [-0.15, -0.1) is 0 Å². The third-order valence-electron chi connectivity index (χ3n) is 4.38. The van der Waals surface area contributed by atoms with Crippen LogP contribution < -0.4 is 5.32 Å². The zero-order chi connectivity index (χ0) is 13.7. The van der Waals surface area contributed by atoms with Crippen LogP contribution >= 0.6 is 11.8 Å². The Hall–Kier alpha value is -0.0300. The molecule has 0 radical (unpaired) electrons. The first-order valence-electron chi connectivity index (χ1n) is 7.35. The summed E-state index contributed by atoms with van der Waals surface area (Å²) in [5.74, 6) is 1.23. The van der Waals surface area contributed by atoms with Crippen molar-refractivity contribution in [3.05, 3.63) is 0 Å². The summed E-state index contributed by atoms with van der Waals surface area (Å²) >= 11 is 1.89. The van der Waals surface area contributed by atoms with Crippen molar-refractivity contribution in [2.75, 3.05) is 25.1 Å². The highest BCUT2D eigenvalue weighted by Crippen LogP contribution is 2.41. The van der Waals surface area contributed by atoms with Gasteiger partial charge in [0.15, 0.2) is 5.17 Å². The molecule has 0 aromatic carbocycles. The maximum Gasteiger partial charge on any atom is 0.156 e. The molecule has 2 aliphatic rings. The van der Waals surface area contributed by atoms with Crippen molar-refractivity contribution in [2.45, 2.75) is 50.7 Å². The van der Waals surface area contributed by atoms with E-state index in [0.29, 0.717) is 5.41 Å². The zero-order valence-corrected chi connectivity index (χ0v) is 13.7. The minimum atomic E-state index is -0.712. The van der Waals surface area contributed by atoms with Gasteiger partial charge in [0.05, 0.1) is 0 Å².